The standard InChI is InChI=1S/C22H18N4O4S/c23-14-16(15-25-17-8-12-21(13-9-17)31(24,28)29)22(27)26-18-6-10-20(11-7-18)30-19-4-2-1-3-5-19/h1-13,15,25H,(H,26,27)(H2,24,28,29)/b16-15-. The molecule has 0 unspecified atom stereocenters. The molecule has 0 aliphatic carbocycles. The minimum Gasteiger partial charge on any atom is -0.457 e. The zero-order chi connectivity index (χ0) is 22.3. The third-order valence-electron chi connectivity index (χ3n) is 4.02. The summed E-state index contributed by atoms with van der Waals surface area (Å²) in [7, 11) is -3.79. The average molecular weight is 434 g/mol. The van der Waals surface area contributed by atoms with Crippen LogP contribution in [0, 0.1) is 11.3 Å². The van der Waals surface area contributed by atoms with Crippen LogP contribution in [0.15, 0.2) is 95.5 Å². The Labute approximate surface area is 179 Å². The molecule has 3 aromatic rings. The molecule has 0 saturated heterocycles. The first kappa shape index (κ1) is 21.6. The Bertz CT molecular complexity index is 1230. The van der Waals surface area contributed by atoms with Crippen molar-refractivity contribution in [3.8, 4) is 17.6 Å². The van der Waals surface area contributed by atoms with Crippen LogP contribution in [0.4, 0.5) is 11.4 Å². The summed E-state index contributed by atoms with van der Waals surface area (Å²) in [4.78, 5) is 12.3. The first-order valence-corrected chi connectivity index (χ1v) is 10.5. The van der Waals surface area contributed by atoms with E-state index >= 15 is 0 Å². The quantitative estimate of drug-likeness (QED) is 0.384. The summed E-state index contributed by atoms with van der Waals surface area (Å²) in [5.74, 6) is 0.690. The number of carbonyl (C=O) groups excluding carboxylic acids is 1. The molecule has 0 aliphatic rings. The number of rotatable bonds is 7. The van der Waals surface area contributed by atoms with Crippen molar-refractivity contribution >= 4 is 27.3 Å². The summed E-state index contributed by atoms with van der Waals surface area (Å²) in [6, 6.07) is 23.4. The fraction of sp³-hybridized carbons (Fsp3) is 0. The fourth-order valence-corrected chi connectivity index (χ4v) is 2.99. The molecule has 9 heteroatoms. The number of nitriles is 1. The summed E-state index contributed by atoms with van der Waals surface area (Å²) in [6.45, 7) is 0. The van der Waals surface area contributed by atoms with Gasteiger partial charge >= 0.3 is 0 Å². The number of hydrogen-bond acceptors (Lipinski definition) is 6. The fourth-order valence-electron chi connectivity index (χ4n) is 2.47. The Balaban J connectivity index is 1.62. The number of carbonyl (C=O) groups is 1. The van der Waals surface area contributed by atoms with Gasteiger partial charge in [0, 0.05) is 17.6 Å². The van der Waals surface area contributed by atoms with Gasteiger partial charge in [0.2, 0.25) is 10.0 Å². The molecular formula is C22H18N4O4S. The van der Waals surface area contributed by atoms with Crippen molar-refractivity contribution in [3.05, 3.63) is 90.6 Å². The van der Waals surface area contributed by atoms with E-state index in [1.807, 2.05) is 36.4 Å². The van der Waals surface area contributed by atoms with E-state index in [1.54, 1.807) is 24.3 Å². The lowest BCUT2D eigenvalue weighted by atomic mass is 10.2. The second-order valence-electron chi connectivity index (χ2n) is 6.28. The van der Waals surface area contributed by atoms with Crippen molar-refractivity contribution in [1.29, 1.82) is 5.26 Å². The van der Waals surface area contributed by atoms with Crippen molar-refractivity contribution in [3.63, 3.8) is 0 Å². The van der Waals surface area contributed by atoms with Gasteiger partial charge in [-0.2, -0.15) is 5.26 Å². The van der Waals surface area contributed by atoms with Crippen LogP contribution in [0.1, 0.15) is 0 Å². The second kappa shape index (κ2) is 9.58. The van der Waals surface area contributed by atoms with Crippen LogP contribution < -0.4 is 20.5 Å². The smallest absolute Gasteiger partial charge is 0.267 e. The van der Waals surface area contributed by atoms with E-state index in [1.165, 1.54) is 30.5 Å². The highest BCUT2D eigenvalue weighted by Crippen LogP contribution is 2.23. The van der Waals surface area contributed by atoms with Crippen molar-refractivity contribution in [1.82, 2.24) is 0 Å². The molecule has 8 nitrogen and oxygen atoms in total. The maximum Gasteiger partial charge on any atom is 0.267 e. The number of hydrogen-bond donors (Lipinski definition) is 3. The van der Waals surface area contributed by atoms with Crippen molar-refractivity contribution in [2.24, 2.45) is 5.14 Å². The van der Waals surface area contributed by atoms with Gasteiger partial charge in [-0.05, 0) is 60.7 Å². The number of nitrogens with two attached hydrogens (primary N) is 1. The van der Waals surface area contributed by atoms with E-state index in [0.29, 0.717) is 22.9 Å². The zero-order valence-electron chi connectivity index (χ0n) is 16.1. The zero-order valence-corrected chi connectivity index (χ0v) is 17.0. The van der Waals surface area contributed by atoms with Crippen LogP contribution in [0.2, 0.25) is 0 Å². The minimum atomic E-state index is -3.79. The van der Waals surface area contributed by atoms with E-state index in [4.69, 9.17) is 9.88 Å². The lowest BCUT2D eigenvalue weighted by molar-refractivity contribution is -0.112. The third kappa shape index (κ3) is 6.17. The monoisotopic (exact) mass is 434 g/mol. The van der Waals surface area contributed by atoms with Gasteiger partial charge in [0.25, 0.3) is 5.91 Å². The van der Waals surface area contributed by atoms with Gasteiger partial charge < -0.3 is 15.4 Å². The maximum atomic E-state index is 12.4. The van der Waals surface area contributed by atoms with E-state index in [2.05, 4.69) is 10.6 Å². The van der Waals surface area contributed by atoms with Gasteiger partial charge in [0.15, 0.2) is 0 Å². The lowest BCUT2D eigenvalue weighted by Crippen LogP contribution is -2.14. The number of amides is 1. The number of primary sulfonamides is 1. The van der Waals surface area contributed by atoms with E-state index in [-0.39, 0.29) is 10.5 Å². The molecular weight excluding hydrogens is 416 g/mol. The number of nitrogens with one attached hydrogen (secondary N) is 2. The largest absolute Gasteiger partial charge is 0.457 e. The summed E-state index contributed by atoms with van der Waals surface area (Å²) in [5.41, 5.74) is 0.805. The topological polar surface area (TPSA) is 134 Å². The predicted octanol–water partition coefficient (Wildman–Crippen LogP) is 3.58. The summed E-state index contributed by atoms with van der Waals surface area (Å²) in [6.07, 6.45) is 1.23. The van der Waals surface area contributed by atoms with Crippen LogP contribution in [0.5, 0.6) is 11.5 Å². The normalized spacial score (nSPS) is 11.3. The summed E-state index contributed by atoms with van der Waals surface area (Å²) < 4.78 is 28.2. The Kier molecular flexibility index (Phi) is 6.67. The van der Waals surface area contributed by atoms with Gasteiger partial charge in [0.05, 0.1) is 4.90 Å². The first-order chi connectivity index (χ1) is 14.8. The highest BCUT2D eigenvalue weighted by molar-refractivity contribution is 7.89. The Morgan fingerprint density at radius 1 is 0.903 bits per heavy atom. The number of benzene rings is 3. The van der Waals surface area contributed by atoms with Gasteiger partial charge in [0.1, 0.15) is 23.1 Å². The SMILES string of the molecule is N#C/C(=C/Nc1ccc(S(N)(=O)=O)cc1)C(=O)Nc1ccc(Oc2ccccc2)cc1. The summed E-state index contributed by atoms with van der Waals surface area (Å²) >= 11 is 0. The molecule has 3 aromatic carbocycles. The number of anilines is 2. The van der Waals surface area contributed by atoms with Gasteiger partial charge in [-0.3, -0.25) is 4.79 Å². The molecule has 1 amide bonds. The molecule has 0 spiro atoms. The van der Waals surface area contributed by atoms with Crippen LogP contribution in [-0.4, -0.2) is 14.3 Å². The van der Waals surface area contributed by atoms with Crippen molar-refractivity contribution in [2.75, 3.05) is 10.6 Å². The highest BCUT2D eigenvalue weighted by atomic mass is 32.2. The Morgan fingerprint density at radius 2 is 1.48 bits per heavy atom. The Hall–Kier alpha value is -4.13. The van der Waals surface area contributed by atoms with Gasteiger partial charge in [-0.25, -0.2) is 13.6 Å². The predicted molar refractivity (Wildman–Crippen MR) is 117 cm³/mol. The molecule has 0 heterocycles. The average Bonchev–Trinajstić information content (AvgIpc) is 2.76. The van der Waals surface area contributed by atoms with E-state index in [9.17, 15) is 18.5 Å². The van der Waals surface area contributed by atoms with E-state index < -0.39 is 15.9 Å². The molecule has 156 valence electrons. The van der Waals surface area contributed by atoms with Gasteiger partial charge in [-0.15, -0.1) is 0 Å². The molecule has 0 aliphatic heterocycles. The highest BCUT2D eigenvalue weighted by Gasteiger charge is 2.10. The molecule has 3 rings (SSSR count). The number of ether oxygens (including phenoxy) is 1. The van der Waals surface area contributed by atoms with Crippen molar-refractivity contribution < 1.29 is 17.9 Å². The van der Waals surface area contributed by atoms with Crippen LogP contribution in [0.25, 0.3) is 0 Å². The molecule has 0 radical (unpaired) electrons. The lowest BCUT2D eigenvalue weighted by Gasteiger charge is -2.08. The number of sulfonamides is 1. The van der Waals surface area contributed by atoms with Crippen LogP contribution in [0.3, 0.4) is 0 Å². The van der Waals surface area contributed by atoms with Crippen LogP contribution >= 0.6 is 0 Å². The Morgan fingerprint density at radius 3 is 2.06 bits per heavy atom. The molecule has 0 fully saturated rings. The third-order valence-corrected chi connectivity index (χ3v) is 4.95. The van der Waals surface area contributed by atoms with Crippen LogP contribution in [-0.2, 0) is 14.8 Å². The molecule has 31 heavy (non-hydrogen) atoms. The second-order valence-corrected chi connectivity index (χ2v) is 7.84. The van der Waals surface area contributed by atoms with E-state index in [0.717, 1.165) is 0 Å². The molecule has 0 atom stereocenters. The van der Waals surface area contributed by atoms with Gasteiger partial charge in [-0.1, -0.05) is 18.2 Å². The molecule has 0 aromatic heterocycles. The number of nitrogens with zero attached hydrogens (tertiary/aromatic N) is 1. The molecule has 4 N–H and O–H groups in total. The number of para-hydroxylation sites is 1. The molecule has 0 saturated carbocycles. The minimum absolute atomic E-state index is 0.0417. The summed E-state index contributed by atoms with van der Waals surface area (Å²) in [5, 5.41) is 19.7. The van der Waals surface area contributed by atoms with Crippen molar-refractivity contribution in [2.45, 2.75) is 4.90 Å². The first-order valence-electron chi connectivity index (χ1n) is 8.99. The maximum absolute atomic E-state index is 12.4. The molecule has 0 bridgehead atoms.